The average Bonchev–Trinajstić information content (AvgIpc) is 1.61. The number of carboxylic acid groups (broad SMARTS) is 1. The third-order valence-electron chi connectivity index (χ3n) is 21.6. The average molecular weight is 1670 g/mol. The number of aromatic nitrogens is 8. The second-order valence-electron chi connectivity index (χ2n) is 28.7. The number of benzene rings is 15. The number of nitrogens with zero attached hydrogens (tertiary/aromatic N) is 8. The number of carboxylic acids is 1. The molecule has 0 amide bonds. The SMILES string of the molecule is CC1(C)c2cc(-c3nc(-c4ccccc4)c4ccccc4n3)ccc2-c2cc3c4ccccc4c4ccccc4c3cc21.Cc1c(C)n(-c2ccccc2)c2cc3c4ccccc4n(-c4cccc(-c5nc(-c6ccccc6)nc(-c6ccccc6)n5)c4)c3cc12.Fc1c[c-]c(-c2[c-]cccc2)c(F)c1.O=C(O)c1ccccn1.[Ir]. The number of aromatic carboxylic acids is 1. The molecule has 1 N–H and O–H groups in total. The second kappa shape index (κ2) is 31.2. The van der Waals surface area contributed by atoms with Gasteiger partial charge in [-0.15, -0.1) is 12.1 Å². The van der Waals surface area contributed by atoms with Crippen molar-refractivity contribution in [3.63, 3.8) is 0 Å². The van der Waals surface area contributed by atoms with E-state index in [0.717, 1.165) is 73.6 Å². The van der Waals surface area contributed by atoms with Crippen LogP contribution in [-0.4, -0.2) is 50.1 Å². The van der Waals surface area contributed by atoms with E-state index < -0.39 is 17.6 Å². The van der Waals surface area contributed by atoms with E-state index in [-0.39, 0.29) is 36.8 Å². The number of pyridine rings is 1. The Bertz CT molecular complexity index is 7030. The predicted molar refractivity (Wildman–Crippen MR) is 458 cm³/mol. The summed E-state index contributed by atoms with van der Waals surface area (Å²) in [5.74, 6) is 0.467. The first-order chi connectivity index (χ1) is 55.8. The van der Waals surface area contributed by atoms with Crippen molar-refractivity contribution in [3.8, 4) is 90.4 Å². The van der Waals surface area contributed by atoms with Gasteiger partial charge in [0.1, 0.15) is 5.69 Å². The van der Waals surface area contributed by atoms with E-state index in [1.165, 1.54) is 111 Å². The molecule has 0 spiro atoms. The molecule has 21 rings (SSSR count). The van der Waals surface area contributed by atoms with Gasteiger partial charge in [0.05, 0.1) is 27.8 Å². The van der Waals surface area contributed by atoms with Crippen LogP contribution < -0.4 is 0 Å². The van der Waals surface area contributed by atoms with Crippen LogP contribution in [0.4, 0.5) is 8.78 Å². The summed E-state index contributed by atoms with van der Waals surface area (Å²) in [6.45, 7) is 9.15. The summed E-state index contributed by atoms with van der Waals surface area (Å²) in [6, 6.07) is 120. The minimum absolute atomic E-state index is 0. The molecular formula is C102H70F2IrN8O2-2. The van der Waals surface area contributed by atoms with Crippen LogP contribution in [0.15, 0.2) is 346 Å². The van der Waals surface area contributed by atoms with Crippen LogP contribution in [-0.2, 0) is 25.5 Å². The molecule has 5 aromatic heterocycles. The molecule has 15 aromatic carbocycles. The van der Waals surface area contributed by atoms with Gasteiger partial charge in [-0.1, -0.05) is 244 Å². The maximum Gasteiger partial charge on any atom is 0.354 e. The molecule has 1 aliphatic carbocycles. The summed E-state index contributed by atoms with van der Waals surface area (Å²) < 4.78 is 30.6. The Hall–Kier alpha value is -14.1. The van der Waals surface area contributed by atoms with Crippen LogP contribution in [0.2, 0.25) is 0 Å². The van der Waals surface area contributed by atoms with Crippen LogP contribution in [0.1, 0.15) is 46.7 Å². The molecular weight excluding hydrogens is 1600 g/mol. The molecule has 13 heteroatoms. The first-order valence-corrected chi connectivity index (χ1v) is 37.7. The molecule has 555 valence electrons. The molecule has 0 bridgehead atoms. The molecule has 0 saturated heterocycles. The van der Waals surface area contributed by atoms with Crippen LogP contribution in [0.25, 0.3) is 166 Å². The predicted octanol–water partition coefficient (Wildman–Crippen LogP) is 25.3. The summed E-state index contributed by atoms with van der Waals surface area (Å²) in [5.41, 5.74) is 21.2. The van der Waals surface area contributed by atoms with E-state index >= 15 is 0 Å². The molecule has 5 heterocycles. The van der Waals surface area contributed by atoms with Crippen molar-refractivity contribution in [2.75, 3.05) is 0 Å². The fourth-order valence-corrected chi connectivity index (χ4v) is 15.9. The van der Waals surface area contributed by atoms with Crippen molar-refractivity contribution in [2.24, 2.45) is 0 Å². The van der Waals surface area contributed by atoms with E-state index in [1.807, 2.05) is 66.7 Å². The molecule has 0 atom stereocenters. The number of rotatable bonds is 9. The standard InChI is InChI=1S/C43H31N5.C41H28N2.C12H6F2.C6H5NO2.Ir/c1-28-29(2)47(33-20-10-5-11-21-33)39-27-37-35-23-12-13-24-38(35)48(40(37)26-36(28)39)34-22-14-19-32(25-34)43-45-41(30-15-6-3-7-16-30)44-42(46-43)31-17-8-4-9-18-31;1-41(2)36-22-26(40-42-38-19-11-10-18-32(38)39(43-40)25-12-4-3-5-13-25)20-21-31(36)35-23-33-29-16-8-6-14-27(29)28-15-7-9-17-30(28)34(33)24-37(35)41;13-10-6-7-11(12(14)8-10)9-4-2-1-3-5-9;8-6(9)5-3-1-2-4-7-5;/h3-27H,1-2H3;3-24H,1-2H3;1-4,6,8H;1-4H,(H,8,9);/q;;-2;;. The summed E-state index contributed by atoms with van der Waals surface area (Å²) in [6.07, 6.45) is 1.45. The third-order valence-corrected chi connectivity index (χ3v) is 21.6. The second-order valence-corrected chi connectivity index (χ2v) is 28.7. The van der Waals surface area contributed by atoms with E-state index in [4.69, 9.17) is 30.0 Å². The Morgan fingerprint density at radius 1 is 0.391 bits per heavy atom. The van der Waals surface area contributed by atoms with Crippen LogP contribution in [0, 0.1) is 37.6 Å². The van der Waals surface area contributed by atoms with Crippen molar-refractivity contribution in [2.45, 2.75) is 33.1 Å². The molecule has 115 heavy (non-hydrogen) atoms. The van der Waals surface area contributed by atoms with Gasteiger partial charge in [-0.25, -0.2) is 40.3 Å². The van der Waals surface area contributed by atoms with Gasteiger partial charge in [0, 0.05) is 104 Å². The maximum absolute atomic E-state index is 13.2. The summed E-state index contributed by atoms with van der Waals surface area (Å²) in [4.78, 5) is 38.8. The summed E-state index contributed by atoms with van der Waals surface area (Å²) in [5, 5.41) is 20.9. The Morgan fingerprint density at radius 3 is 1.52 bits per heavy atom. The van der Waals surface area contributed by atoms with Crippen molar-refractivity contribution in [1.82, 2.24) is 39.0 Å². The fourth-order valence-electron chi connectivity index (χ4n) is 15.9. The molecule has 1 aliphatic rings. The van der Waals surface area contributed by atoms with Crippen molar-refractivity contribution >= 4 is 81.9 Å². The smallest absolute Gasteiger partial charge is 0.354 e. The zero-order chi connectivity index (χ0) is 77.6. The number of para-hydroxylation sites is 3. The zero-order valence-corrected chi connectivity index (χ0v) is 65.3. The Labute approximate surface area is 676 Å². The Kier molecular flexibility index (Phi) is 20.0. The van der Waals surface area contributed by atoms with Gasteiger partial charge in [-0.3, -0.25) is 8.78 Å². The number of fused-ring (bicyclic) bond motifs is 14. The molecule has 10 nitrogen and oxygen atoms in total. The third kappa shape index (κ3) is 14.0. The number of hydrogen-bond donors (Lipinski definition) is 1. The number of hydrogen-bond acceptors (Lipinski definition) is 7. The Morgan fingerprint density at radius 2 is 0.904 bits per heavy atom. The van der Waals surface area contributed by atoms with E-state index in [2.05, 4.69) is 272 Å². The molecule has 0 fully saturated rings. The number of aryl methyl sites for hydroxylation is 1. The first-order valence-electron chi connectivity index (χ1n) is 37.7. The van der Waals surface area contributed by atoms with Crippen molar-refractivity contribution < 1.29 is 38.8 Å². The zero-order valence-electron chi connectivity index (χ0n) is 62.9. The van der Waals surface area contributed by atoms with Crippen LogP contribution in [0.5, 0.6) is 0 Å². The van der Waals surface area contributed by atoms with Gasteiger partial charge in [-0.05, 0) is 159 Å². The monoisotopic (exact) mass is 1670 g/mol. The van der Waals surface area contributed by atoms with Gasteiger partial charge in [0.25, 0.3) is 0 Å². The molecule has 0 unspecified atom stereocenters. The first kappa shape index (κ1) is 73.7. The van der Waals surface area contributed by atoms with E-state index in [1.54, 1.807) is 36.4 Å². The maximum atomic E-state index is 13.2. The van der Waals surface area contributed by atoms with Gasteiger partial charge >= 0.3 is 5.97 Å². The normalized spacial score (nSPS) is 11.8. The molecule has 0 aliphatic heterocycles. The Balaban J connectivity index is 0.000000129. The van der Waals surface area contributed by atoms with Gasteiger partial charge < -0.3 is 14.2 Å². The summed E-state index contributed by atoms with van der Waals surface area (Å²) in [7, 11) is 0. The topological polar surface area (TPSA) is 124 Å². The van der Waals surface area contributed by atoms with Gasteiger partial charge in [-0.2, -0.15) is 35.9 Å². The quantitative estimate of drug-likeness (QED) is 0.112. The van der Waals surface area contributed by atoms with Gasteiger partial charge in [0.15, 0.2) is 23.3 Å². The fraction of sp³-hybridized carbons (Fsp3) is 0.0490. The van der Waals surface area contributed by atoms with Crippen LogP contribution >= 0.6 is 0 Å². The number of halogens is 2. The molecule has 1 radical (unpaired) electrons. The van der Waals surface area contributed by atoms with Crippen molar-refractivity contribution in [3.05, 3.63) is 398 Å². The minimum Gasteiger partial charge on any atom is -0.477 e. The largest absolute Gasteiger partial charge is 0.477 e. The van der Waals surface area contributed by atoms with Gasteiger partial charge in [0.2, 0.25) is 0 Å². The minimum atomic E-state index is -0.990. The van der Waals surface area contributed by atoms with Crippen molar-refractivity contribution in [1.29, 1.82) is 0 Å². The van der Waals surface area contributed by atoms with E-state index in [9.17, 15) is 13.6 Å². The molecule has 0 saturated carbocycles. The van der Waals surface area contributed by atoms with Crippen LogP contribution in [0.3, 0.4) is 0 Å². The molecule has 20 aromatic rings. The van der Waals surface area contributed by atoms with E-state index in [0.29, 0.717) is 23.0 Å². The number of carbonyl (C=O) groups is 1. The summed E-state index contributed by atoms with van der Waals surface area (Å²) >= 11 is 0.